The molecule has 0 saturated carbocycles. The number of benzene rings is 2. The maximum Gasteiger partial charge on any atom is 0.164 e. The number of hydrogen-bond donors (Lipinski definition) is 0. The SMILES string of the molecule is CC(=O)C(C(C)=O)=C1c2ccccc2Sc2ccccc21. The van der Waals surface area contributed by atoms with Crippen LogP contribution in [0.15, 0.2) is 63.9 Å². The summed E-state index contributed by atoms with van der Waals surface area (Å²) in [4.78, 5) is 26.2. The molecule has 2 nitrogen and oxygen atoms in total. The molecular weight excluding hydrogens is 280 g/mol. The number of hydrogen-bond acceptors (Lipinski definition) is 3. The van der Waals surface area contributed by atoms with Crippen LogP contribution < -0.4 is 0 Å². The average Bonchev–Trinajstić information content (AvgIpc) is 2.46. The minimum absolute atomic E-state index is 0.186. The Labute approximate surface area is 127 Å². The molecule has 0 bridgehead atoms. The van der Waals surface area contributed by atoms with Crippen LogP contribution in [0.25, 0.3) is 5.57 Å². The molecule has 0 atom stereocenters. The molecule has 3 rings (SSSR count). The Bertz CT molecular complexity index is 724. The first kappa shape index (κ1) is 13.8. The van der Waals surface area contributed by atoms with Gasteiger partial charge in [-0.3, -0.25) is 9.59 Å². The van der Waals surface area contributed by atoms with Crippen molar-refractivity contribution in [3.05, 3.63) is 65.2 Å². The minimum atomic E-state index is -0.186. The molecule has 1 aliphatic heterocycles. The lowest BCUT2D eigenvalue weighted by molar-refractivity contribution is -0.119. The van der Waals surface area contributed by atoms with Gasteiger partial charge >= 0.3 is 0 Å². The van der Waals surface area contributed by atoms with Crippen LogP contribution >= 0.6 is 11.8 Å². The van der Waals surface area contributed by atoms with Crippen molar-refractivity contribution in [2.75, 3.05) is 0 Å². The number of ketones is 2. The van der Waals surface area contributed by atoms with E-state index < -0.39 is 0 Å². The van der Waals surface area contributed by atoms with Gasteiger partial charge in [0.1, 0.15) is 0 Å². The summed E-state index contributed by atoms with van der Waals surface area (Å²) < 4.78 is 0. The smallest absolute Gasteiger partial charge is 0.164 e. The molecule has 0 saturated heterocycles. The molecule has 0 aromatic heterocycles. The fourth-order valence-corrected chi connectivity index (χ4v) is 3.75. The lowest BCUT2D eigenvalue weighted by Crippen LogP contribution is -2.12. The molecule has 21 heavy (non-hydrogen) atoms. The van der Waals surface area contributed by atoms with Crippen LogP contribution in [0.5, 0.6) is 0 Å². The quantitative estimate of drug-likeness (QED) is 0.405. The summed E-state index contributed by atoms with van der Waals surface area (Å²) >= 11 is 1.67. The van der Waals surface area contributed by atoms with Gasteiger partial charge in [-0.15, -0.1) is 0 Å². The Balaban J connectivity index is 2.41. The summed E-state index contributed by atoms with van der Waals surface area (Å²) in [6.45, 7) is 2.91. The van der Waals surface area contributed by atoms with E-state index in [1.165, 1.54) is 13.8 Å². The molecule has 0 fully saturated rings. The molecular formula is C18H14O2S. The maximum absolute atomic E-state index is 12.0. The average molecular weight is 294 g/mol. The van der Waals surface area contributed by atoms with Crippen molar-refractivity contribution in [3.8, 4) is 0 Å². The number of allylic oxidation sites excluding steroid dienone is 1. The highest BCUT2D eigenvalue weighted by atomic mass is 32.2. The highest BCUT2D eigenvalue weighted by Gasteiger charge is 2.26. The Morgan fingerprint density at radius 2 is 1.19 bits per heavy atom. The Morgan fingerprint density at radius 1 is 0.762 bits per heavy atom. The van der Waals surface area contributed by atoms with Crippen molar-refractivity contribution in [1.29, 1.82) is 0 Å². The van der Waals surface area contributed by atoms with Gasteiger partial charge in [-0.25, -0.2) is 0 Å². The first-order valence-electron chi connectivity index (χ1n) is 6.72. The van der Waals surface area contributed by atoms with E-state index in [0.717, 1.165) is 26.5 Å². The summed E-state index contributed by atoms with van der Waals surface area (Å²) in [5.74, 6) is -0.372. The van der Waals surface area contributed by atoms with Crippen LogP contribution in [0.3, 0.4) is 0 Å². The van der Waals surface area contributed by atoms with Gasteiger partial charge in [0, 0.05) is 15.4 Å². The highest BCUT2D eigenvalue weighted by molar-refractivity contribution is 7.99. The van der Waals surface area contributed by atoms with E-state index >= 15 is 0 Å². The second kappa shape index (κ2) is 5.34. The fraction of sp³-hybridized carbons (Fsp3) is 0.111. The number of carbonyl (C=O) groups is 2. The van der Waals surface area contributed by atoms with E-state index in [0.29, 0.717) is 0 Å². The zero-order valence-corrected chi connectivity index (χ0v) is 12.7. The second-order valence-electron chi connectivity index (χ2n) is 4.96. The number of carbonyl (C=O) groups excluding carboxylic acids is 2. The molecule has 0 unspecified atom stereocenters. The first-order chi connectivity index (χ1) is 10.1. The van der Waals surface area contributed by atoms with Crippen LogP contribution in [-0.4, -0.2) is 11.6 Å². The van der Waals surface area contributed by atoms with Crippen LogP contribution in [0.1, 0.15) is 25.0 Å². The van der Waals surface area contributed by atoms with E-state index in [1.54, 1.807) is 11.8 Å². The van der Waals surface area contributed by atoms with Crippen LogP contribution in [0.2, 0.25) is 0 Å². The van der Waals surface area contributed by atoms with Gasteiger partial charge in [0.25, 0.3) is 0 Å². The zero-order valence-electron chi connectivity index (χ0n) is 11.8. The molecule has 0 spiro atoms. The topological polar surface area (TPSA) is 34.1 Å². The number of Topliss-reactive ketones (excluding diaryl/α,β-unsaturated/α-hetero) is 2. The third kappa shape index (κ3) is 2.34. The largest absolute Gasteiger partial charge is 0.294 e. The molecule has 2 aromatic carbocycles. The van der Waals surface area contributed by atoms with E-state index in [9.17, 15) is 9.59 Å². The summed E-state index contributed by atoms with van der Waals surface area (Å²) in [5.41, 5.74) is 2.97. The van der Waals surface area contributed by atoms with Crippen LogP contribution in [0, 0.1) is 0 Å². The molecule has 0 amide bonds. The van der Waals surface area contributed by atoms with Crippen molar-refractivity contribution in [2.24, 2.45) is 0 Å². The van der Waals surface area contributed by atoms with Crippen molar-refractivity contribution in [1.82, 2.24) is 0 Å². The van der Waals surface area contributed by atoms with Crippen molar-refractivity contribution in [3.63, 3.8) is 0 Å². The zero-order chi connectivity index (χ0) is 15.0. The minimum Gasteiger partial charge on any atom is -0.294 e. The summed E-state index contributed by atoms with van der Waals surface area (Å²) in [5, 5.41) is 0. The summed E-state index contributed by atoms with van der Waals surface area (Å²) in [6.07, 6.45) is 0. The van der Waals surface area contributed by atoms with Crippen molar-refractivity contribution >= 4 is 28.9 Å². The highest BCUT2D eigenvalue weighted by Crippen LogP contribution is 2.46. The van der Waals surface area contributed by atoms with Gasteiger partial charge in [-0.1, -0.05) is 48.2 Å². The molecule has 2 aromatic rings. The molecule has 1 heterocycles. The molecule has 0 radical (unpaired) electrons. The van der Waals surface area contributed by atoms with E-state index in [2.05, 4.69) is 0 Å². The second-order valence-corrected chi connectivity index (χ2v) is 6.04. The van der Waals surface area contributed by atoms with Crippen LogP contribution in [0.4, 0.5) is 0 Å². The Hall–Kier alpha value is -2.13. The monoisotopic (exact) mass is 294 g/mol. The molecule has 1 aliphatic rings. The lowest BCUT2D eigenvalue weighted by atomic mass is 9.89. The van der Waals surface area contributed by atoms with Gasteiger partial charge in [-0.05, 0) is 37.1 Å². The maximum atomic E-state index is 12.0. The van der Waals surface area contributed by atoms with Crippen LogP contribution in [-0.2, 0) is 9.59 Å². The molecule has 0 N–H and O–H groups in total. The predicted molar refractivity (Wildman–Crippen MR) is 84.4 cm³/mol. The molecule has 0 aliphatic carbocycles. The summed E-state index contributed by atoms with van der Waals surface area (Å²) in [6, 6.07) is 15.8. The number of rotatable bonds is 2. The molecule has 104 valence electrons. The van der Waals surface area contributed by atoms with Crippen molar-refractivity contribution in [2.45, 2.75) is 23.6 Å². The Kier molecular flexibility index (Phi) is 3.52. The third-order valence-electron chi connectivity index (χ3n) is 3.49. The van der Waals surface area contributed by atoms with Gasteiger partial charge in [0.15, 0.2) is 11.6 Å². The van der Waals surface area contributed by atoms with E-state index in [1.807, 2.05) is 48.5 Å². The fourth-order valence-electron chi connectivity index (χ4n) is 2.66. The summed E-state index contributed by atoms with van der Waals surface area (Å²) in [7, 11) is 0. The molecule has 3 heteroatoms. The standard InChI is InChI=1S/C18H14O2S/c1-11(19)17(12(2)20)18-13-7-3-5-9-15(13)21-16-10-6-4-8-14(16)18/h3-10H,1-2H3. The predicted octanol–water partition coefficient (Wildman–Crippen LogP) is 4.13. The van der Waals surface area contributed by atoms with Gasteiger partial charge < -0.3 is 0 Å². The van der Waals surface area contributed by atoms with Gasteiger partial charge in [0.2, 0.25) is 0 Å². The van der Waals surface area contributed by atoms with Crippen molar-refractivity contribution < 1.29 is 9.59 Å². The Morgan fingerprint density at radius 3 is 1.62 bits per heavy atom. The normalized spacial score (nSPS) is 12.4. The lowest BCUT2D eigenvalue weighted by Gasteiger charge is -2.23. The first-order valence-corrected chi connectivity index (χ1v) is 7.54. The van der Waals surface area contributed by atoms with Gasteiger partial charge in [0.05, 0.1) is 5.57 Å². The van der Waals surface area contributed by atoms with E-state index in [4.69, 9.17) is 0 Å². The third-order valence-corrected chi connectivity index (χ3v) is 4.64. The van der Waals surface area contributed by atoms with E-state index in [-0.39, 0.29) is 17.1 Å². The van der Waals surface area contributed by atoms with Gasteiger partial charge in [-0.2, -0.15) is 0 Å². The number of fused-ring (bicyclic) bond motifs is 2.